The van der Waals surface area contributed by atoms with Crippen LogP contribution in [0.25, 0.3) is 0 Å². The summed E-state index contributed by atoms with van der Waals surface area (Å²) in [6.07, 6.45) is 5.03. The topological polar surface area (TPSA) is 3.24 Å². The van der Waals surface area contributed by atoms with E-state index in [2.05, 4.69) is 36.2 Å². The van der Waals surface area contributed by atoms with Crippen LogP contribution in [0.15, 0.2) is 35.4 Å². The molecule has 1 aromatic rings. The predicted octanol–water partition coefficient (Wildman–Crippen LogP) is 2.81. The molecule has 2 aliphatic rings. The van der Waals surface area contributed by atoms with E-state index in [0.29, 0.717) is 0 Å². The molecule has 1 aromatic carbocycles. The van der Waals surface area contributed by atoms with Gasteiger partial charge in [0.25, 0.3) is 0 Å². The molecule has 16 heavy (non-hydrogen) atoms. The second-order valence-corrected chi connectivity index (χ2v) is 5.15. The summed E-state index contributed by atoms with van der Waals surface area (Å²) in [6.45, 7) is 2.41. The summed E-state index contributed by atoms with van der Waals surface area (Å²) in [5, 5.41) is 0. The van der Waals surface area contributed by atoms with E-state index in [4.69, 9.17) is 0 Å². The Morgan fingerprint density at radius 1 is 0.812 bits per heavy atom. The number of fused-ring (bicyclic) bond motifs is 1. The minimum Gasteiger partial charge on any atom is -0.299 e. The van der Waals surface area contributed by atoms with Crippen molar-refractivity contribution in [1.82, 2.24) is 4.90 Å². The molecule has 1 aliphatic heterocycles. The van der Waals surface area contributed by atoms with Gasteiger partial charge in [-0.3, -0.25) is 4.90 Å². The highest BCUT2D eigenvalue weighted by Gasteiger charge is 2.20. The van der Waals surface area contributed by atoms with Crippen molar-refractivity contribution in [2.75, 3.05) is 20.1 Å². The third-order valence-electron chi connectivity index (χ3n) is 3.93. The SMILES string of the molecule is CN1CC2=C(CCc3ccccc3CC2)C1. The largest absolute Gasteiger partial charge is 0.299 e. The van der Waals surface area contributed by atoms with Gasteiger partial charge in [0.05, 0.1) is 0 Å². The van der Waals surface area contributed by atoms with E-state index in [0.717, 1.165) is 0 Å². The van der Waals surface area contributed by atoms with E-state index < -0.39 is 0 Å². The van der Waals surface area contributed by atoms with Crippen LogP contribution in [0.2, 0.25) is 0 Å². The fraction of sp³-hybridized carbons (Fsp3) is 0.467. The fourth-order valence-electron chi connectivity index (χ4n) is 3.06. The van der Waals surface area contributed by atoms with Crippen molar-refractivity contribution in [3.05, 3.63) is 46.5 Å². The second kappa shape index (κ2) is 4.06. The van der Waals surface area contributed by atoms with Crippen molar-refractivity contribution in [1.29, 1.82) is 0 Å². The highest BCUT2D eigenvalue weighted by Crippen LogP contribution is 2.28. The number of hydrogen-bond acceptors (Lipinski definition) is 1. The van der Waals surface area contributed by atoms with Crippen LogP contribution in [-0.4, -0.2) is 25.0 Å². The van der Waals surface area contributed by atoms with E-state index >= 15 is 0 Å². The Kier molecular flexibility index (Phi) is 2.56. The number of rotatable bonds is 0. The molecule has 1 aliphatic carbocycles. The molecule has 3 rings (SSSR count). The first-order valence-electron chi connectivity index (χ1n) is 6.28. The molecule has 0 amide bonds. The zero-order valence-electron chi connectivity index (χ0n) is 10.00. The smallest absolute Gasteiger partial charge is 0.0196 e. The van der Waals surface area contributed by atoms with Crippen LogP contribution in [0.5, 0.6) is 0 Å². The zero-order valence-corrected chi connectivity index (χ0v) is 10.00. The summed E-state index contributed by atoms with van der Waals surface area (Å²) in [5.41, 5.74) is 6.58. The van der Waals surface area contributed by atoms with Gasteiger partial charge >= 0.3 is 0 Å². The van der Waals surface area contributed by atoms with Crippen molar-refractivity contribution in [2.24, 2.45) is 0 Å². The Balaban J connectivity index is 1.86. The minimum absolute atomic E-state index is 1.21. The lowest BCUT2D eigenvalue weighted by Crippen LogP contribution is -2.14. The van der Waals surface area contributed by atoms with E-state index in [-0.39, 0.29) is 0 Å². The van der Waals surface area contributed by atoms with Gasteiger partial charge in [0.1, 0.15) is 0 Å². The summed E-state index contributed by atoms with van der Waals surface area (Å²) < 4.78 is 0. The molecule has 0 atom stereocenters. The highest BCUT2D eigenvalue weighted by molar-refractivity contribution is 5.33. The molecule has 0 radical (unpaired) electrons. The lowest BCUT2D eigenvalue weighted by Gasteiger charge is -2.15. The van der Waals surface area contributed by atoms with Crippen LogP contribution in [0.4, 0.5) is 0 Å². The number of hydrogen-bond donors (Lipinski definition) is 0. The van der Waals surface area contributed by atoms with Gasteiger partial charge in [0, 0.05) is 13.1 Å². The van der Waals surface area contributed by atoms with Crippen LogP contribution < -0.4 is 0 Å². The van der Waals surface area contributed by atoms with Crippen molar-refractivity contribution in [3.63, 3.8) is 0 Å². The van der Waals surface area contributed by atoms with Gasteiger partial charge in [-0.2, -0.15) is 0 Å². The third-order valence-corrected chi connectivity index (χ3v) is 3.93. The maximum absolute atomic E-state index is 2.45. The Labute approximate surface area is 97.8 Å². The van der Waals surface area contributed by atoms with Gasteiger partial charge in [-0.15, -0.1) is 0 Å². The van der Waals surface area contributed by atoms with Gasteiger partial charge in [0.15, 0.2) is 0 Å². The molecule has 0 saturated carbocycles. The van der Waals surface area contributed by atoms with Crippen LogP contribution in [0, 0.1) is 0 Å². The molecule has 0 fully saturated rings. The minimum atomic E-state index is 1.21. The summed E-state index contributed by atoms with van der Waals surface area (Å²) in [5.74, 6) is 0. The van der Waals surface area contributed by atoms with Crippen molar-refractivity contribution in [3.8, 4) is 0 Å². The first kappa shape index (κ1) is 10.1. The van der Waals surface area contributed by atoms with Crippen molar-refractivity contribution < 1.29 is 0 Å². The lowest BCUT2D eigenvalue weighted by molar-refractivity contribution is 0.420. The Morgan fingerprint density at radius 2 is 1.31 bits per heavy atom. The molecule has 0 bridgehead atoms. The maximum Gasteiger partial charge on any atom is 0.0196 e. The summed E-state index contributed by atoms with van der Waals surface area (Å²) in [4.78, 5) is 2.45. The van der Waals surface area contributed by atoms with E-state index in [9.17, 15) is 0 Å². The first-order valence-corrected chi connectivity index (χ1v) is 6.28. The van der Waals surface area contributed by atoms with Crippen molar-refractivity contribution in [2.45, 2.75) is 25.7 Å². The van der Waals surface area contributed by atoms with E-state index in [1.165, 1.54) is 38.8 Å². The summed E-state index contributed by atoms with van der Waals surface area (Å²) in [7, 11) is 2.23. The molecule has 0 saturated heterocycles. The number of aryl methyl sites for hydroxylation is 2. The maximum atomic E-state index is 2.45. The van der Waals surface area contributed by atoms with E-state index in [1.54, 1.807) is 22.3 Å². The molecule has 0 spiro atoms. The van der Waals surface area contributed by atoms with Gasteiger partial charge < -0.3 is 0 Å². The Morgan fingerprint density at radius 3 is 1.81 bits per heavy atom. The molecule has 1 nitrogen and oxygen atoms in total. The number of benzene rings is 1. The summed E-state index contributed by atoms with van der Waals surface area (Å²) in [6, 6.07) is 8.96. The van der Waals surface area contributed by atoms with Gasteiger partial charge in [-0.25, -0.2) is 0 Å². The molecule has 0 aromatic heterocycles. The number of likely N-dealkylation sites (N-methyl/N-ethyl adjacent to an activating group) is 1. The third kappa shape index (κ3) is 1.80. The van der Waals surface area contributed by atoms with Crippen molar-refractivity contribution >= 4 is 0 Å². The quantitative estimate of drug-likeness (QED) is 0.599. The lowest BCUT2D eigenvalue weighted by atomic mass is 9.90. The second-order valence-electron chi connectivity index (χ2n) is 5.15. The normalized spacial score (nSPS) is 21.3. The van der Waals surface area contributed by atoms with Crippen LogP contribution >= 0.6 is 0 Å². The molecular formula is C15H19N. The standard InChI is InChI=1S/C15H19N/c1-16-10-14-8-6-12-4-2-3-5-13(12)7-9-15(14)11-16/h2-5H,6-11H2,1H3. The van der Waals surface area contributed by atoms with Crippen LogP contribution in [0.1, 0.15) is 24.0 Å². The van der Waals surface area contributed by atoms with Crippen LogP contribution in [0.3, 0.4) is 0 Å². The first-order chi connectivity index (χ1) is 7.83. The molecule has 1 heterocycles. The average Bonchev–Trinajstić information content (AvgIpc) is 2.62. The Hall–Kier alpha value is -1.08. The zero-order chi connectivity index (χ0) is 11.0. The molecule has 1 heteroatoms. The molecular weight excluding hydrogens is 194 g/mol. The van der Waals surface area contributed by atoms with Gasteiger partial charge in [-0.05, 0) is 43.9 Å². The summed E-state index contributed by atoms with van der Waals surface area (Å²) >= 11 is 0. The van der Waals surface area contributed by atoms with Gasteiger partial charge in [0.2, 0.25) is 0 Å². The van der Waals surface area contributed by atoms with Gasteiger partial charge in [-0.1, -0.05) is 35.4 Å². The Bertz CT molecular complexity index is 392. The average molecular weight is 213 g/mol. The molecule has 0 N–H and O–H groups in total. The van der Waals surface area contributed by atoms with E-state index in [1.807, 2.05) is 0 Å². The van der Waals surface area contributed by atoms with Crippen LogP contribution in [-0.2, 0) is 12.8 Å². The predicted molar refractivity (Wildman–Crippen MR) is 67.6 cm³/mol. The number of nitrogens with zero attached hydrogens (tertiary/aromatic N) is 1. The molecule has 0 unspecified atom stereocenters. The fourth-order valence-corrected chi connectivity index (χ4v) is 3.06. The molecule has 84 valence electrons. The monoisotopic (exact) mass is 213 g/mol. The highest BCUT2D eigenvalue weighted by atomic mass is 15.1.